The van der Waals surface area contributed by atoms with Crippen LogP contribution in [-0.2, 0) is 0 Å². The zero-order valence-electron chi connectivity index (χ0n) is 10.2. The van der Waals surface area contributed by atoms with Crippen LogP contribution in [0.1, 0.15) is 27.2 Å². The molecule has 2 nitrogen and oxygen atoms in total. The molecule has 90 valence electrons. The molecule has 0 saturated carbocycles. The summed E-state index contributed by atoms with van der Waals surface area (Å²) in [4.78, 5) is 0. The molecule has 2 N–H and O–H groups in total. The molecule has 0 fully saturated rings. The van der Waals surface area contributed by atoms with Crippen LogP contribution in [0.25, 0.3) is 0 Å². The predicted octanol–water partition coefficient (Wildman–Crippen LogP) is 3.48. The largest absolute Gasteiger partial charge is 0.492 e. The molecule has 1 atom stereocenters. The predicted molar refractivity (Wildman–Crippen MR) is 69.0 cm³/mol. The van der Waals surface area contributed by atoms with Crippen molar-refractivity contribution in [2.75, 3.05) is 6.61 Å². The van der Waals surface area contributed by atoms with E-state index in [9.17, 15) is 0 Å². The number of ether oxygens (including phenoxy) is 1. The molecule has 1 unspecified atom stereocenters. The van der Waals surface area contributed by atoms with E-state index in [1.165, 1.54) is 0 Å². The van der Waals surface area contributed by atoms with Gasteiger partial charge < -0.3 is 10.5 Å². The number of hydrogen-bond acceptors (Lipinski definition) is 2. The summed E-state index contributed by atoms with van der Waals surface area (Å²) < 4.78 is 5.59. The summed E-state index contributed by atoms with van der Waals surface area (Å²) in [7, 11) is 0. The van der Waals surface area contributed by atoms with Gasteiger partial charge in [0.05, 0.1) is 0 Å². The summed E-state index contributed by atoms with van der Waals surface area (Å²) >= 11 is 5.86. The summed E-state index contributed by atoms with van der Waals surface area (Å²) in [5.74, 6) is 0.775. The van der Waals surface area contributed by atoms with Crippen molar-refractivity contribution in [3.63, 3.8) is 0 Å². The van der Waals surface area contributed by atoms with Crippen LogP contribution in [0.2, 0.25) is 5.02 Å². The number of halogens is 1. The van der Waals surface area contributed by atoms with Crippen LogP contribution in [0.3, 0.4) is 0 Å². The van der Waals surface area contributed by atoms with E-state index >= 15 is 0 Å². The lowest BCUT2D eigenvalue weighted by atomic mass is 9.89. The Kier molecular flexibility index (Phi) is 4.63. The maximum absolute atomic E-state index is 5.99. The van der Waals surface area contributed by atoms with Crippen molar-refractivity contribution in [3.8, 4) is 5.75 Å². The quantitative estimate of drug-likeness (QED) is 0.876. The van der Waals surface area contributed by atoms with Crippen molar-refractivity contribution in [1.82, 2.24) is 0 Å². The molecule has 0 aliphatic heterocycles. The molecule has 1 aromatic carbocycles. The van der Waals surface area contributed by atoms with Gasteiger partial charge in [-0.05, 0) is 30.0 Å². The van der Waals surface area contributed by atoms with Gasteiger partial charge in [0, 0.05) is 11.1 Å². The smallest absolute Gasteiger partial charge is 0.120 e. The van der Waals surface area contributed by atoms with Gasteiger partial charge in [-0.2, -0.15) is 0 Å². The Morgan fingerprint density at radius 1 is 1.38 bits per heavy atom. The number of hydrogen-bond donors (Lipinski definition) is 1. The first kappa shape index (κ1) is 13.3. The van der Waals surface area contributed by atoms with Crippen molar-refractivity contribution in [3.05, 3.63) is 29.3 Å². The number of rotatable bonds is 4. The van der Waals surface area contributed by atoms with E-state index in [0.717, 1.165) is 12.2 Å². The maximum Gasteiger partial charge on any atom is 0.120 e. The van der Waals surface area contributed by atoms with Crippen molar-refractivity contribution >= 4 is 11.6 Å². The van der Waals surface area contributed by atoms with E-state index < -0.39 is 0 Å². The van der Waals surface area contributed by atoms with Crippen molar-refractivity contribution in [1.29, 1.82) is 0 Å². The van der Waals surface area contributed by atoms with Crippen LogP contribution in [0.15, 0.2) is 24.3 Å². The molecule has 16 heavy (non-hydrogen) atoms. The second-order valence-electron chi connectivity index (χ2n) is 5.29. The molecular weight excluding hydrogens is 222 g/mol. The Morgan fingerprint density at radius 2 is 2.06 bits per heavy atom. The minimum Gasteiger partial charge on any atom is -0.492 e. The average Bonchev–Trinajstić information content (AvgIpc) is 2.12. The zero-order valence-corrected chi connectivity index (χ0v) is 10.9. The lowest BCUT2D eigenvalue weighted by Gasteiger charge is -2.23. The van der Waals surface area contributed by atoms with Gasteiger partial charge in [0.25, 0.3) is 0 Å². The van der Waals surface area contributed by atoms with Gasteiger partial charge in [-0.25, -0.2) is 0 Å². The van der Waals surface area contributed by atoms with E-state index in [1.54, 1.807) is 6.07 Å². The molecule has 3 heteroatoms. The molecule has 0 aromatic heterocycles. The Labute approximate surface area is 103 Å². The molecule has 0 amide bonds. The first-order valence-electron chi connectivity index (χ1n) is 5.51. The topological polar surface area (TPSA) is 35.2 Å². The van der Waals surface area contributed by atoms with Gasteiger partial charge in [0.2, 0.25) is 0 Å². The second kappa shape index (κ2) is 5.55. The minimum atomic E-state index is 0.0546. The highest BCUT2D eigenvalue weighted by Gasteiger charge is 2.15. The molecule has 0 radical (unpaired) electrons. The average molecular weight is 242 g/mol. The SMILES string of the molecule is CC(C)(C)CC(N)COc1cccc(Cl)c1. The van der Waals surface area contributed by atoms with Gasteiger partial charge in [0.15, 0.2) is 0 Å². The summed E-state index contributed by atoms with van der Waals surface area (Å²) in [6.45, 7) is 7.04. The van der Waals surface area contributed by atoms with Crippen molar-refractivity contribution < 1.29 is 4.74 Å². The van der Waals surface area contributed by atoms with Crippen molar-refractivity contribution in [2.45, 2.75) is 33.2 Å². The Morgan fingerprint density at radius 3 is 2.62 bits per heavy atom. The third-order valence-corrected chi connectivity index (χ3v) is 2.37. The van der Waals surface area contributed by atoms with Crippen LogP contribution < -0.4 is 10.5 Å². The van der Waals surface area contributed by atoms with Gasteiger partial charge in [-0.1, -0.05) is 38.4 Å². The summed E-state index contributed by atoms with van der Waals surface area (Å²) in [6.07, 6.45) is 0.938. The highest BCUT2D eigenvalue weighted by atomic mass is 35.5. The summed E-state index contributed by atoms with van der Waals surface area (Å²) in [5, 5.41) is 0.682. The summed E-state index contributed by atoms with van der Waals surface area (Å²) in [5.41, 5.74) is 6.22. The highest BCUT2D eigenvalue weighted by molar-refractivity contribution is 6.30. The highest BCUT2D eigenvalue weighted by Crippen LogP contribution is 2.21. The van der Waals surface area contributed by atoms with Crippen LogP contribution in [0, 0.1) is 5.41 Å². The normalized spacial score (nSPS) is 13.6. The fourth-order valence-corrected chi connectivity index (χ4v) is 1.79. The fraction of sp³-hybridized carbons (Fsp3) is 0.538. The van der Waals surface area contributed by atoms with Gasteiger partial charge in [-0.15, -0.1) is 0 Å². The molecule has 0 aliphatic carbocycles. The number of nitrogens with two attached hydrogens (primary N) is 1. The van der Waals surface area contributed by atoms with E-state index in [4.69, 9.17) is 22.1 Å². The fourth-order valence-electron chi connectivity index (χ4n) is 1.61. The van der Waals surface area contributed by atoms with Gasteiger partial charge in [0.1, 0.15) is 12.4 Å². The Balaban J connectivity index is 2.40. The van der Waals surface area contributed by atoms with Gasteiger partial charge >= 0.3 is 0 Å². The van der Waals surface area contributed by atoms with Crippen LogP contribution in [-0.4, -0.2) is 12.6 Å². The Hall–Kier alpha value is -0.730. The molecule has 0 saturated heterocycles. The Bertz CT molecular complexity index is 333. The minimum absolute atomic E-state index is 0.0546. The molecular formula is C13H20ClNO. The van der Waals surface area contributed by atoms with Crippen molar-refractivity contribution in [2.24, 2.45) is 11.1 Å². The molecule has 0 spiro atoms. The maximum atomic E-state index is 5.99. The standard InChI is InChI=1S/C13H20ClNO/c1-13(2,3)8-11(15)9-16-12-6-4-5-10(14)7-12/h4-7,11H,8-9,15H2,1-3H3. The van der Waals surface area contributed by atoms with E-state index in [1.807, 2.05) is 18.2 Å². The molecule has 0 aliphatic rings. The zero-order chi connectivity index (χ0) is 12.2. The van der Waals surface area contributed by atoms with E-state index in [2.05, 4.69) is 20.8 Å². The molecule has 0 heterocycles. The molecule has 1 aromatic rings. The monoisotopic (exact) mass is 241 g/mol. The lowest BCUT2D eigenvalue weighted by Crippen LogP contribution is -2.32. The first-order valence-corrected chi connectivity index (χ1v) is 5.88. The van der Waals surface area contributed by atoms with Crippen LogP contribution >= 0.6 is 11.6 Å². The second-order valence-corrected chi connectivity index (χ2v) is 5.73. The van der Waals surface area contributed by atoms with E-state index in [-0.39, 0.29) is 11.5 Å². The third kappa shape index (κ3) is 5.38. The third-order valence-electron chi connectivity index (χ3n) is 2.13. The van der Waals surface area contributed by atoms with Crippen LogP contribution in [0.4, 0.5) is 0 Å². The number of benzene rings is 1. The van der Waals surface area contributed by atoms with Crippen LogP contribution in [0.5, 0.6) is 5.75 Å². The summed E-state index contributed by atoms with van der Waals surface area (Å²) in [6, 6.07) is 7.43. The lowest BCUT2D eigenvalue weighted by molar-refractivity contribution is 0.241. The molecule has 0 bridgehead atoms. The van der Waals surface area contributed by atoms with E-state index in [0.29, 0.717) is 11.6 Å². The van der Waals surface area contributed by atoms with Gasteiger partial charge in [-0.3, -0.25) is 0 Å². The first-order chi connectivity index (χ1) is 7.37. The molecule has 1 rings (SSSR count).